The quantitative estimate of drug-likeness (QED) is 0.597. The maximum atomic E-state index is 13.6. The van der Waals surface area contributed by atoms with E-state index in [1.807, 2.05) is 81.9 Å². The van der Waals surface area contributed by atoms with E-state index in [-0.39, 0.29) is 18.5 Å². The summed E-state index contributed by atoms with van der Waals surface area (Å²) in [5.41, 5.74) is 7.36. The van der Waals surface area contributed by atoms with Crippen molar-refractivity contribution in [1.82, 2.24) is 19.7 Å². The van der Waals surface area contributed by atoms with Gasteiger partial charge in [0.15, 0.2) is 0 Å². The van der Waals surface area contributed by atoms with Crippen molar-refractivity contribution in [2.45, 2.75) is 46.2 Å². The van der Waals surface area contributed by atoms with E-state index in [1.54, 1.807) is 11.0 Å². The van der Waals surface area contributed by atoms with Crippen molar-refractivity contribution in [2.24, 2.45) is 5.41 Å². The Morgan fingerprint density at radius 3 is 2.42 bits per heavy atom. The van der Waals surface area contributed by atoms with Crippen LogP contribution in [0, 0.1) is 5.41 Å². The summed E-state index contributed by atoms with van der Waals surface area (Å²) in [6.45, 7) is 8.90. The summed E-state index contributed by atoms with van der Waals surface area (Å²) in [5.74, 6) is -0.964. The first-order valence-corrected chi connectivity index (χ1v) is 12.3. The predicted octanol–water partition coefficient (Wildman–Crippen LogP) is 2.55. The monoisotopic (exact) mass is 494 g/mol. The number of rotatable bonds is 6. The highest BCUT2D eigenvalue weighted by molar-refractivity contribution is 6.39. The standard InChI is InChI=1S/C27H38N6O3/c1-7-19-13-21(14-29-23(19)28)30-24(34)25(35)33-15-18(2)32(26(36)27(3,4)17-31(5)6)16-22(33)20-11-9-8-10-12-20/h8-14,18,22H,7,15-17H2,1-6H3,(H2,28,29)(H,30,34)/t18-,22-/m1/s1. The second-order valence-corrected chi connectivity index (χ2v) is 10.4. The molecule has 9 nitrogen and oxygen atoms in total. The van der Waals surface area contributed by atoms with E-state index in [4.69, 9.17) is 5.73 Å². The van der Waals surface area contributed by atoms with Crippen LogP contribution >= 0.6 is 0 Å². The summed E-state index contributed by atoms with van der Waals surface area (Å²) >= 11 is 0. The van der Waals surface area contributed by atoms with Crippen LogP contribution in [0.25, 0.3) is 0 Å². The Morgan fingerprint density at radius 2 is 1.81 bits per heavy atom. The fraction of sp³-hybridized carbons (Fsp3) is 0.481. The van der Waals surface area contributed by atoms with Crippen molar-refractivity contribution >= 4 is 29.2 Å². The van der Waals surface area contributed by atoms with Gasteiger partial charge in [-0.25, -0.2) is 4.98 Å². The molecule has 1 aromatic heterocycles. The minimum Gasteiger partial charge on any atom is -0.383 e. The maximum Gasteiger partial charge on any atom is 0.313 e. The number of carbonyl (C=O) groups is 3. The predicted molar refractivity (Wildman–Crippen MR) is 141 cm³/mol. The minimum absolute atomic E-state index is 0.0289. The van der Waals surface area contributed by atoms with Gasteiger partial charge in [-0.1, -0.05) is 37.3 Å². The average Bonchev–Trinajstić information content (AvgIpc) is 2.83. The molecule has 2 aromatic rings. The Balaban J connectivity index is 1.86. The normalized spacial score (nSPS) is 18.3. The molecule has 0 spiro atoms. The maximum absolute atomic E-state index is 13.6. The van der Waals surface area contributed by atoms with Crippen LogP contribution in [-0.2, 0) is 20.8 Å². The van der Waals surface area contributed by atoms with E-state index in [0.717, 1.165) is 11.1 Å². The largest absolute Gasteiger partial charge is 0.383 e. The van der Waals surface area contributed by atoms with Gasteiger partial charge >= 0.3 is 11.8 Å². The number of hydrogen-bond acceptors (Lipinski definition) is 6. The van der Waals surface area contributed by atoms with Crippen molar-refractivity contribution in [3.05, 3.63) is 53.7 Å². The fourth-order valence-electron chi connectivity index (χ4n) is 4.88. The van der Waals surface area contributed by atoms with Crippen LogP contribution in [-0.4, -0.2) is 77.2 Å². The summed E-state index contributed by atoms with van der Waals surface area (Å²) in [7, 11) is 3.89. The smallest absolute Gasteiger partial charge is 0.313 e. The van der Waals surface area contributed by atoms with Gasteiger partial charge in [0, 0.05) is 25.7 Å². The Kier molecular flexibility index (Phi) is 8.35. The second-order valence-electron chi connectivity index (χ2n) is 10.4. The second kappa shape index (κ2) is 11.1. The lowest BCUT2D eigenvalue weighted by molar-refractivity contribution is -0.155. The third kappa shape index (κ3) is 6.02. The van der Waals surface area contributed by atoms with Gasteiger partial charge in [0.2, 0.25) is 5.91 Å². The summed E-state index contributed by atoms with van der Waals surface area (Å²) in [5, 5.41) is 2.67. The number of nitrogens with one attached hydrogen (secondary N) is 1. The first-order valence-electron chi connectivity index (χ1n) is 12.3. The topological polar surface area (TPSA) is 112 Å². The van der Waals surface area contributed by atoms with Gasteiger partial charge < -0.3 is 25.8 Å². The number of anilines is 2. The molecule has 0 bridgehead atoms. The van der Waals surface area contributed by atoms with Crippen LogP contribution in [0.4, 0.5) is 11.5 Å². The number of carbonyl (C=O) groups excluding carboxylic acids is 3. The van der Waals surface area contributed by atoms with E-state index in [0.29, 0.717) is 31.0 Å². The molecule has 1 saturated heterocycles. The third-order valence-electron chi connectivity index (χ3n) is 6.57. The first kappa shape index (κ1) is 27.1. The molecule has 0 aliphatic carbocycles. The molecule has 1 fully saturated rings. The van der Waals surface area contributed by atoms with E-state index in [9.17, 15) is 14.4 Å². The molecule has 0 unspecified atom stereocenters. The van der Waals surface area contributed by atoms with Crippen molar-refractivity contribution < 1.29 is 14.4 Å². The number of nitrogens with two attached hydrogens (primary N) is 1. The Labute approximate surface area is 213 Å². The zero-order valence-corrected chi connectivity index (χ0v) is 22.1. The zero-order valence-electron chi connectivity index (χ0n) is 22.1. The van der Waals surface area contributed by atoms with Crippen LogP contribution in [0.15, 0.2) is 42.6 Å². The van der Waals surface area contributed by atoms with Gasteiger partial charge in [-0.3, -0.25) is 14.4 Å². The van der Waals surface area contributed by atoms with Crippen LogP contribution in [0.3, 0.4) is 0 Å². The molecule has 0 radical (unpaired) electrons. The number of amides is 3. The SMILES string of the molecule is CCc1cc(NC(=O)C(=O)N2C[C@@H](C)N(C(=O)C(C)(C)CN(C)C)C[C@@H]2c2ccccc2)cnc1N. The lowest BCUT2D eigenvalue weighted by Crippen LogP contribution is -2.61. The lowest BCUT2D eigenvalue weighted by Gasteiger charge is -2.47. The van der Waals surface area contributed by atoms with E-state index >= 15 is 0 Å². The number of benzene rings is 1. The van der Waals surface area contributed by atoms with Crippen LogP contribution < -0.4 is 11.1 Å². The van der Waals surface area contributed by atoms with Crippen molar-refractivity contribution in [2.75, 3.05) is 44.8 Å². The number of hydrogen-bond donors (Lipinski definition) is 2. The number of pyridine rings is 1. The van der Waals surface area contributed by atoms with Crippen LogP contribution in [0.2, 0.25) is 0 Å². The van der Waals surface area contributed by atoms with Gasteiger partial charge in [0.05, 0.1) is 23.3 Å². The minimum atomic E-state index is -0.746. The molecule has 36 heavy (non-hydrogen) atoms. The summed E-state index contributed by atoms with van der Waals surface area (Å²) in [4.78, 5) is 49.6. The van der Waals surface area contributed by atoms with Gasteiger partial charge in [-0.15, -0.1) is 0 Å². The Hall–Kier alpha value is -3.46. The molecule has 3 amide bonds. The zero-order chi connectivity index (χ0) is 26.6. The molecule has 2 atom stereocenters. The van der Waals surface area contributed by atoms with Gasteiger partial charge in [-0.05, 0) is 58.5 Å². The highest BCUT2D eigenvalue weighted by atomic mass is 16.2. The van der Waals surface area contributed by atoms with Crippen molar-refractivity contribution in [1.29, 1.82) is 0 Å². The Bertz CT molecular complexity index is 1100. The molecule has 3 rings (SSSR count). The number of piperazine rings is 1. The van der Waals surface area contributed by atoms with Crippen LogP contribution in [0.5, 0.6) is 0 Å². The number of aromatic nitrogens is 1. The molecule has 0 saturated carbocycles. The highest BCUT2D eigenvalue weighted by Crippen LogP contribution is 2.32. The van der Waals surface area contributed by atoms with Crippen LogP contribution in [0.1, 0.15) is 44.9 Å². The summed E-state index contributed by atoms with van der Waals surface area (Å²) in [6.07, 6.45) is 2.10. The molecule has 194 valence electrons. The lowest BCUT2D eigenvalue weighted by atomic mass is 9.88. The number of nitrogens with zero attached hydrogens (tertiary/aromatic N) is 4. The molecule has 1 aliphatic rings. The highest BCUT2D eigenvalue weighted by Gasteiger charge is 2.43. The summed E-state index contributed by atoms with van der Waals surface area (Å²) < 4.78 is 0. The third-order valence-corrected chi connectivity index (χ3v) is 6.57. The molecular formula is C27H38N6O3. The van der Waals surface area contributed by atoms with Gasteiger partial charge in [-0.2, -0.15) is 0 Å². The van der Waals surface area contributed by atoms with E-state index in [2.05, 4.69) is 10.3 Å². The van der Waals surface area contributed by atoms with Gasteiger partial charge in [0.1, 0.15) is 5.82 Å². The van der Waals surface area contributed by atoms with E-state index < -0.39 is 23.3 Å². The van der Waals surface area contributed by atoms with E-state index in [1.165, 1.54) is 6.20 Å². The summed E-state index contributed by atoms with van der Waals surface area (Å²) in [6, 6.07) is 10.6. The molecule has 1 aromatic carbocycles. The molecular weight excluding hydrogens is 456 g/mol. The average molecular weight is 495 g/mol. The first-order chi connectivity index (χ1) is 16.9. The fourth-order valence-corrected chi connectivity index (χ4v) is 4.88. The molecule has 9 heteroatoms. The number of nitrogen functional groups attached to an aromatic ring is 1. The van der Waals surface area contributed by atoms with Crippen molar-refractivity contribution in [3.8, 4) is 0 Å². The van der Waals surface area contributed by atoms with Crippen molar-refractivity contribution in [3.63, 3.8) is 0 Å². The number of aryl methyl sites for hydroxylation is 1. The Morgan fingerprint density at radius 1 is 1.14 bits per heavy atom. The molecule has 2 heterocycles. The molecule has 3 N–H and O–H groups in total. The molecule has 1 aliphatic heterocycles. The van der Waals surface area contributed by atoms with Gasteiger partial charge in [0.25, 0.3) is 0 Å².